The predicted molar refractivity (Wildman–Crippen MR) is 63.9 cm³/mol. The molecule has 0 spiro atoms. The van der Waals surface area contributed by atoms with Crippen LogP contribution in [0.5, 0.6) is 0 Å². The molecule has 2 atom stereocenters. The first kappa shape index (κ1) is 10.9. The standard InChI is InChI=1S/C14H22O/c1-11-5-3-7-13(9-11)15-14-8-4-6-12(2)10-14/h5-6,13-14H,3-4,7-10H2,1-2H3. The van der Waals surface area contributed by atoms with E-state index in [1.165, 1.54) is 36.8 Å². The monoisotopic (exact) mass is 206 g/mol. The Hall–Kier alpha value is -0.560. The molecule has 0 radical (unpaired) electrons. The molecule has 0 saturated heterocycles. The summed E-state index contributed by atoms with van der Waals surface area (Å²) in [6.45, 7) is 4.45. The molecule has 2 aliphatic carbocycles. The zero-order valence-corrected chi connectivity index (χ0v) is 9.96. The summed E-state index contributed by atoms with van der Waals surface area (Å²) < 4.78 is 6.19. The second kappa shape index (κ2) is 4.98. The lowest BCUT2D eigenvalue weighted by atomic mass is 9.95. The van der Waals surface area contributed by atoms with Crippen LogP contribution in [0.1, 0.15) is 52.4 Å². The van der Waals surface area contributed by atoms with Gasteiger partial charge in [-0.1, -0.05) is 23.3 Å². The maximum atomic E-state index is 6.19. The van der Waals surface area contributed by atoms with E-state index in [4.69, 9.17) is 4.74 Å². The zero-order valence-electron chi connectivity index (χ0n) is 9.96. The maximum absolute atomic E-state index is 6.19. The van der Waals surface area contributed by atoms with Crippen molar-refractivity contribution in [3.63, 3.8) is 0 Å². The van der Waals surface area contributed by atoms with Crippen molar-refractivity contribution in [2.45, 2.75) is 64.6 Å². The van der Waals surface area contributed by atoms with Gasteiger partial charge in [0, 0.05) is 0 Å². The van der Waals surface area contributed by atoms with Gasteiger partial charge < -0.3 is 4.74 Å². The number of allylic oxidation sites excluding steroid dienone is 2. The largest absolute Gasteiger partial charge is 0.374 e. The van der Waals surface area contributed by atoms with Gasteiger partial charge in [0.15, 0.2) is 0 Å². The van der Waals surface area contributed by atoms with E-state index in [1.807, 2.05) is 0 Å². The van der Waals surface area contributed by atoms with Gasteiger partial charge in [-0.3, -0.25) is 0 Å². The zero-order chi connectivity index (χ0) is 10.7. The fourth-order valence-electron chi connectivity index (χ4n) is 2.62. The Morgan fingerprint density at radius 1 is 0.933 bits per heavy atom. The SMILES string of the molecule is CC1=CCCC(OC2CCC=C(C)C2)C1. The summed E-state index contributed by atoms with van der Waals surface area (Å²) in [5.74, 6) is 0. The molecule has 1 nitrogen and oxygen atoms in total. The molecule has 0 amide bonds. The van der Waals surface area contributed by atoms with Gasteiger partial charge in [0.25, 0.3) is 0 Å². The first-order valence-electron chi connectivity index (χ1n) is 6.21. The van der Waals surface area contributed by atoms with Crippen molar-refractivity contribution in [2.75, 3.05) is 0 Å². The van der Waals surface area contributed by atoms with Crippen LogP contribution in [-0.4, -0.2) is 12.2 Å². The van der Waals surface area contributed by atoms with Gasteiger partial charge in [-0.05, 0) is 52.4 Å². The summed E-state index contributed by atoms with van der Waals surface area (Å²) in [6.07, 6.45) is 12.8. The van der Waals surface area contributed by atoms with Crippen LogP contribution in [0.15, 0.2) is 23.3 Å². The minimum absolute atomic E-state index is 0.492. The number of hydrogen-bond donors (Lipinski definition) is 0. The van der Waals surface area contributed by atoms with E-state index in [0.29, 0.717) is 12.2 Å². The van der Waals surface area contributed by atoms with E-state index in [-0.39, 0.29) is 0 Å². The van der Waals surface area contributed by atoms with E-state index in [1.54, 1.807) is 0 Å². The molecule has 0 aromatic carbocycles. The number of ether oxygens (including phenoxy) is 1. The van der Waals surface area contributed by atoms with Crippen LogP contribution in [0.25, 0.3) is 0 Å². The molecule has 2 aliphatic rings. The predicted octanol–water partition coefficient (Wildman–Crippen LogP) is 4.00. The molecule has 0 fully saturated rings. The van der Waals surface area contributed by atoms with Crippen molar-refractivity contribution >= 4 is 0 Å². The minimum atomic E-state index is 0.492. The van der Waals surface area contributed by atoms with E-state index < -0.39 is 0 Å². The van der Waals surface area contributed by atoms with Crippen molar-refractivity contribution in [3.8, 4) is 0 Å². The van der Waals surface area contributed by atoms with Crippen LogP contribution < -0.4 is 0 Å². The first-order chi connectivity index (χ1) is 7.24. The molecule has 0 aliphatic heterocycles. The second-order valence-corrected chi connectivity index (χ2v) is 5.04. The molecule has 0 bridgehead atoms. The fourth-order valence-corrected chi connectivity index (χ4v) is 2.62. The Bertz CT molecular complexity index is 247. The van der Waals surface area contributed by atoms with Crippen LogP contribution >= 0.6 is 0 Å². The molecule has 0 aromatic rings. The summed E-state index contributed by atoms with van der Waals surface area (Å²) in [7, 11) is 0. The van der Waals surface area contributed by atoms with Gasteiger partial charge in [0.05, 0.1) is 12.2 Å². The normalized spacial score (nSPS) is 32.1. The van der Waals surface area contributed by atoms with Gasteiger partial charge in [-0.2, -0.15) is 0 Å². The van der Waals surface area contributed by atoms with Gasteiger partial charge in [0.1, 0.15) is 0 Å². The summed E-state index contributed by atoms with van der Waals surface area (Å²) in [5.41, 5.74) is 3.02. The highest BCUT2D eigenvalue weighted by molar-refractivity contribution is 5.06. The van der Waals surface area contributed by atoms with Crippen LogP contribution in [0.3, 0.4) is 0 Å². The highest BCUT2D eigenvalue weighted by atomic mass is 16.5. The van der Waals surface area contributed by atoms with Crippen LogP contribution in [0.2, 0.25) is 0 Å². The Kier molecular flexibility index (Phi) is 3.63. The van der Waals surface area contributed by atoms with Gasteiger partial charge >= 0.3 is 0 Å². The lowest BCUT2D eigenvalue weighted by Gasteiger charge is -2.29. The van der Waals surface area contributed by atoms with E-state index >= 15 is 0 Å². The van der Waals surface area contributed by atoms with Crippen molar-refractivity contribution < 1.29 is 4.74 Å². The van der Waals surface area contributed by atoms with Crippen molar-refractivity contribution in [1.82, 2.24) is 0 Å². The third-order valence-corrected chi connectivity index (χ3v) is 3.45. The summed E-state index contributed by atoms with van der Waals surface area (Å²) in [4.78, 5) is 0. The molecule has 2 unspecified atom stereocenters. The Morgan fingerprint density at radius 2 is 1.40 bits per heavy atom. The average Bonchev–Trinajstić information content (AvgIpc) is 2.17. The second-order valence-electron chi connectivity index (χ2n) is 5.04. The molecule has 0 heterocycles. The van der Waals surface area contributed by atoms with Crippen LogP contribution in [0, 0.1) is 0 Å². The van der Waals surface area contributed by atoms with E-state index in [2.05, 4.69) is 26.0 Å². The molecule has 15 heavy (non-hydrogen) atoms. The Labute approximate surface area is 93.2 Å². The lowest BCUT2D eigenvalue weighted by molar-refractivity contribution is -0.0226. The van der Waals surface area contributed by atoms with Gasteiger partial charge in [0.2, 0.25) is 0 Å². The third-order valence-electron chi connectivity index (χ3n) is 3.45. The summed E-state index contributed by atoms with van der Waals surface area (Å²) in [6, 6.07) is 0. The first-order valence-corrected chi connectivity index (χ1v) is 6.21. The van der Waals surface area contributed by atoms with E-state index in [0.717, 1.165) is 12.8 Å². The highest BCUT2D eigenvalue weighted by Gasteiger charge is 2.20. The quantitative estimate of drug-likeness (QED) is 0.620. The van der Waals surface area contributed by atoms with Gasteiger partial charge in [-0.15, -0.1) is 0 Å². The molecule has 0 saturated carbocycles. The van der Waals surface area contributed by atoms with Crippen molar-refractivity contribution in [2.24, 2.45) is 0 Å². The lowest BCUT2D eigenvalue weighted by Crippen LogP contribution is -2.25. The Balaban J connectivity index is 1.82. The molecule has 0 N–H and O–H groups in total. The topological polar surface area (TPSA) is 9.23 Å². The van der Waals surface area contributed by atoms with Crippen molar-refractivity contribution in [3.05, 3.63) is 23.3 Å². The molecular weight excluding hydrogens is 184 g/mol. The van der Waals surface area contributed by atoms with Gasteiger partial charge in [-0.25, -0.2) is 0 Å². The fraction of sp³-hybridized carbons (Fsp3) is 0.714. The van der Waals surface area contributed by atoms with Crippen LogP contribution in [-0.2, 0) is 4.74 Å². The average molecular weight is 206 g/mol. The van der Waals surface area contributed by atoms with Crippen molar-refractivity contribution in [1.29, 1.82) is 0 Å². The van der Waals surface area contributed by atoms with Crippen LogP contribution in [0.4, 0.5) is 0 Å². The molecule has 2 rings (SSSR count). The molecule has 84 valence electrons. The Morgan fingerprint density at radius 3 is 1.80 bits per heavy atom. The van der Waals surface area contributed by atoms with E-state index in [9.17, 15) is 0 Å². The summed E-state index contributed by atoms with van der Waals surface area (Å²) in [5, 5.41) is 0. The maximum Gasteiger partial charge on any atom is 0.0619 e. The molecule has 1 heteroatoms. The minimum Gasteiger partial charge on any atom is -0.374 e. The smallest absolute Gasteiger partial charge is 0.0619 e. The number of hydrogen-bond acceptors (Lipinski definition) is 1. The number of rotatable bonds is 2. The highest BCUT2D eigenvalue weighted by Crippen LogP contribution is 2.27. The molecule has 0 aromatic heterocycles. The summed E-state index contributed by atoms with van der Waals surface area (Å²) >= 11 is 0. The molecular formula is C14H22O. The third kappa shape index (κ3) is 3.20.